The molecule has 0 unspecified atom stereocenters. The van der Waals surface area contributed by atoms with Gasteiger partial charge in [-0.15, -0.1) is 0 Å². The predicted molar refractivity (Wildman–Crippen MR) is 96.3 cm³/mol. The van der Waals surface area contributed by atoms with Gasteiger partial charge in [0.2, 0.25) is 5.95 Å². The first kappa shape index (κ1) is 21.1. The van der Waals surface area contributed by atoms with Crippen molar-refractivity contribution in [1.82, 2.24) is 9.97 Å². The Morgan fingerprint density at radius 3 is 2.07 bits per heavy atom. The number of amides is 1. The van der Waals surface area contributed by atoms with E-state index >= 15 is 0 Å². The van der Waals surface area contributed by atoms with E-state index in [2.05, 4.69) is 15.3 Å². The van der Waals surface area contributed by atoms with Crippen molar-refractivity contribution in [1.29, 1.82) is 0 Å². The van der Waals surface area contributed by atoms with Crippen LogP contribution in [0.2, 0.25) is 0 Å². The van der Waals surface area contributed by atoms with Crippen LogP contribution in [0.1, 0.15) is 21.5 Å². The van der Waals surface area contributed by atoms with Gasteiger partial charge < -0.3 is 11.1 Å². The van der Waals surface area contributed by atoms with Gasteiger partial charge in [0.25, 0.3) is 5.91 Å². The molecule has 156 valence electrons. The summed E-state index contributed by atoms with van der Waals surface area (Å²) in [5.41, 5.74) is 2.84. The molecule has 0 bridgehead atoms. The number of hydrogen-bond acceptors (Lipinski definition) is 4. The molecule has 0 fully saturated rings. The minimum absolute atomic E-state index is 0.0316. The average molecular weight is 426 g/mol. The van der Waals surface area contributed by atoms with E-state index in [-0.39, 0.29) is 28.3 Å². The number of halogens is 6. The standard InChI is InChI=1S/C19H12F6N4O/c20-18(21,22)13-3-1-2-10(4-13)16(30)29-15-6-11(5-14(7-15)19(23,24)25)12-8-27-17(26)28-9-12/h1-9H,(H,29,30)(H2,26,27,28). The summed E-state index contributed by atoms with van der Waals surface area (Å²) in [6.07, 6.45) is -7.00. The molecule has 0 saturated heterocycles. The number of anilines is 2. The SMILES string of the molecule is Nc1ncc(-c2cc(NC(=O)c3cccc(C(F)(F)F)c3)cc(C(F)(F)F)c2)cn1. The van der Waals surface area contributed by atoms with Gasteiger partial charge in [-0.1, -0.05) is 6.07 Å². The highest BCUT2D eigenvalue weighted by Gasteiger charge is 2.32. The van der Waals surface area contributed by atoms with E-state index in [1.54, 1.807) is 0 Å². The largest absolute Gasteiger partial charge is 0.416 e. The molecule has 0 aliphatic rings. The molecule has 1 heterocycles. The van der Waals surface area contributed by atoms with Gasteiger partial charge in [-0.05, 0) is 42.0 Å². The van der Waals surface area contributed by atoms with Gasteiger partial charge in [0.1, 0.15) is 0 Å². The molecule has 1 amide bonds. The van der Waals surface area contributed by atoms with E-state index in [1.807, 2.05) is 0 Å². The van der Waals surface area contributed by atoms with Crippen LogP contribution in [0.5, 0.6) is 0 Å². The summed E-state index contributed by atoms with van der Waals surface area (Å²) in [4.78, 5) is 19.8. The number of alkyl halides is 6. The van der Waals surface area contributed by atoms with Gasteiger partial charge in [-0.2, -0.15) is 26.3 Å². The zero-order valence-corrected chi connectivity index (χ0v) is 14.8. The van der Waals surface area contributed by atoms with Crippen molar-refractivity contribution >= 4 is 17.5 Å². The number of nitrogens with zero attached hydrogens (tertiary/aromatic N) is 2. The molecule has 3 N–H and O–H groups in total. The van der Waals surface area contributed by atoms with Crippen molar-refractivity contribution in [3.8, 4) is 11.1 Å². The third kappa shape index (κ3) is 4.85. The number of carbonyl (C=O) groups is 1. The fraction of sp³-hybridized carbons (Fsp3) is 0.105. The molecule has 0 atom stereocenters. The Morgan fingerprint density at radius 1 is 0.833 bits per heavy atom. The normalized spacial score (nSPS) is 11.9. The van der Waals surface area contributed by atoms with Crippen molar-refractivity contribution in [2.24, 2.45) is 0 Å². The van der Waals surface area contributed by atoms with Crippen LogP contribution in [-0.4, -0.2) is 15.9 Å². The summed E-state index contributed by atoms with van der Waals surface area (Å²) in [5.74, 6) is -1.08. The monoisotopic (exact) mass is 426 g/mol. The van der Waals surface area contributed by atoms with Crippen LogP contribution in [0.4, 0.5) is 38.0 Å². The van der Waals surface area contributed by atoms with Crippen LogP contribution in [0.25, 0.3) is 11.1 Å². The fourth-order valence-electron chi connectivity index (χ4n) is 2.56. The maximum absolute atomic E-state index is 13.3. The number of nitrogens with two attached hydrogens (primary N) is 1. The van der Waals surface area contributed by atoms with E-state index < -0.39 is 29.4 Å². The summed E-state index contributed by atoms with van der Waals surface area (Å²) in [6.45, 7) is 0. The molecular weight excluding hydrogens is 414 g/mol. The van der Waals surface area contributed by atoms with E-state index in [9.17, 15) is 31.1 Å². The third-order valence-electron chi connectivity index (χ3n) is 3.98. The molecule has 5 nitrogen and oxygen atoms in total. The summed E-state index contributed by atoms with van der Waals surface area (Å²) in [7, 11) is 0. The second kappa shape index (κ2) is 7.65. The Kier molecular flexibility index (Phi) is 5.38. The van der Waals surface area contributed by atoms with E-state index in [0.717, 1.165) is 24.3 Å². The Balaban J connectivity index is 1.98. The molecule has 2 aromatic carbocycles. The van der Waals surface area contributed by atoms with Crippen LogP contribution in [0, 0.1) is 0 Å². The molecular formula is C19H12F6N4O. The maximum Gasteiger partial charge on any atom is 0.416 e. The molecule has 3 aromatic rings. The Hall–Kier alpha value is -3.63. The predicted octanol–water partition coefficient (Wildman–Crippen LogP) is 5.02. The topological polar surface area (TPSA) is 80.9 Å². The number of carbonyl (C=O) groups excluding carboxylic acids is 1. The van der Waals surface area contributed by atoms with E-state index in [0.29, 0.717) is 12.1 Å². The van der Waals surface area contributed by atoms with Gasteiger partial charge in [0, 0.05) is 29.2 Å². The molecule has 3 rings (SSSR count). The second-order valence-electron chi connectivity index (χ2n) is 6.16. The molecule has 0 aliphatic heterocycles. The van der Waals surface area contributed by atoms with Crippen molar-refractivity contribution in [3.63, 3.8) is 0 Å². The lowest BCUT2D eigenvalue weighted by atomic mass is 10.0. The molecule has 0 saturated carbocycles. The van der Waals surface area contributed by atoms with Crippen molar-refractivity contribution < 1.29 is 31.1 Å². The molecule has 30 heavy (non-hydrogen) atoms. The summed E-state index contributed by atoms with van der Waals surface area (Å²) in [6, 6.07) is 6.25. The van der Waals surface area contributed by atoms with Crippen LogP contribution >= 0.6 is 0 Å². The second-order valence-corrected chi connectivity index (χ2v) is 6.16. The fourth-order valence-corrected chi connectivity index (χ4v) is 2.56. The Labute approximate surface area is 165 Å². The first-order valence-electron chi connectivity index (χ1n) is 8.22. The Morgan fingerprint density at radius 2 is 1.47 bits per heavy atom. The number of rotatable bonds is 3. The van der Waals surface area contributed by atoms with Gasteiger partial charge >= 0.3 is 12.4 Å². The first-order chi connectivity index (χ1) is 13.9. The average Bonchev–Trinajstić information content (AvgIpc) is 2.67. The van der Waals surface area contributed by atoms with Gasteiger partial charge in [-0.25, -0.2) is 9.97 Å². The minimum Gasteiger partial charge on any atom is -0.368 e. The smallest absolute Gasteiger partial charge is 0.368 e. The zero-order valence-electron chi connectivity index (χ0n) is 14.8. The lowest BCUT2D eigenvalue weighted by Gasteiger charge is -2.14. The molecule has 0 radical (unpaired) electrons. The minimum atomic E-state index is -4.74. The summed E-state index contributed by atoms with van der Waals surface area (Å²) in [5, 5.41) is 2.20. The summed E-state index contributed by atoms with van der Waals surface area (Å²) < 4.78 is 78.4. The number of nitrogens with one attached hydrogen (secondary N) is 1. The number of nitrogen functional groups attached to an aromatic ring is 1. The van der Waals surface area contributed by atoms with Crippen LogP contribution in [0.3, 0.4) is 0 Å². The first-order valence-corrected chi connectivity index (χ1v) is 8.22. The van der Waals surface area contributed by atoms with Crippen molar-refractivity contribution in [2.45, 2.75) is 12.4 Å². The van der Waals surface area contributed by atoms with Gasteiger partial charge in [0.15, 0.2) is 0 Å². The van der Waals surface area contributed by atoms with E-state index in [4.69, 9.17) is 5.73 Å². The third-order valence-corrected chi connectivity index (χ3v) is 3.98. The van der Waals surface area contributed by atoms with Crippen LogP contribution in [0.15, 0.2) is 54.9 Å². The highest BCUT2D eigenvalue weighted by Crippen LogP contribution is 2.35. The zero-order chi connectivity index (χ0) is 22.1. The van der Waals surface area contributed by atoms with Crippen LogP contribution in [-0.2, 0) is 12.4 Å². The molecule has 11 heteroatoms. The van der Waals surface area contributed by atoms with Crippen LogP contribution < -0.4 is 11.1 Å². The highest BCUT2D eigenvalue weighted by molar-refractivity contribution is 6.04. The van der Waals surface area contributed by atoms with Gasteiger partial charge in [0.05, 0.1) is 11.1 Å². The molecule has 1 aromatic heterocycles. The lowest BCUT2D eigenvalue weighted by Crippen LogP contribution is -2.15. The summed E-state index contributed by atoms with van der Waals surface area (Å²) >= 11 is 0. The van der Waals surface area contributed by atoms with E-state index in [1.165, 1.54) is 18.5 Å². The molecule has 0 spiro atoms. The quantitative estimate of drug-likeness (QED) is 0.577. The number of benzene rings is 2. The van der Waals surface area contributed by atoms with Gasteiger partial charge in [-0.3, -0.25) is 4.79 Å². The lowest BCUT2D eigenvalue weighted by molar-refractivity contribution is -0.138. The van der Waals surface area contributed by atoms with Crippen molar-refractivity contribution in [2.75, 3.05) is 11.1 Å². The Bertz CT molecular complexity index is 1080. The number of aromatic nitrogens is 2. The highest BCUT2D eigenvalue weighted by atomic mass is 19.4. The number of hydrogen-bond donors (Lipinski definition) is 2. The molecule has 0 aliphatic carbocycles. The van der Waals surface area contributed by atoms with Crippen molar-refractivity contribution in [3.05, 3.63) is 71.5 Å². The maximum atomic E-state index is 13.3.